The summed E-state index contributed by atoms with van der Waals surface area (Å²) in [5.74, 6) is 0.598. The van der Waals surface area contributed by atoms with Crippen LogP contribution in [0.3, 0.4) is 0 Å². The second-order valence-electron chi connectivity index (χ2n) is 6.65. The number of H-pyrrole nitrogens is 1. The lowest BCUT2D eigenvalue weighted by Crippen LogP contribution is -2.24. The van der Waals surface area contributed by atoms with Crippen LogP contribution in [0.1, 0.15) is 5.82 Å². The van der Waals surface area contributed by atoms with Gasteiger partial charge >= 0.3 is 0 Å². The first-order chi connectivity index (χ1) is 15.5. The van der Waals surface area contributed by atoms with Gasteiger partial charge in [0.1, 0.15) is 22.7 Å². The fraction of sp³-hybridized carbons (Fsp3) is 0.0500. The van der Waals surface area contributed by atoms with Gasteiger partial charge in [-0.05, 0) is 18.2 Å². The number of fused-ring (bicyclic) bond motifs is 2. The number of para-hydroxylation sites is 1. The molecule has 0 fully saturated rings. The first-order valence-electron chi connectivity index (χ1n) is 9.25. The number of aromatic nitrogens is 6. The highest BCUT2D eigenvalue weighted by atomic mass is 35.5. The third-order valence-corrected chi connectivity index (χ3v) is 6.04. The number of thioether (sulfide) groups is 1. The van der Waals surface area contributed by atoms with Gasteiger partial charge in [-0.3, -0.25) is 19.5 Å². The Balaban J connectivity index is 1.68. The Morgan fingerprint density at radius 3 is 2.81 bits per heavy atom. The van der Waals surface area contributed by atoms with Crippen molar-refractivity contribution in [3.8, 4) is 5.69 Å². The number of nitro benzene ring substituents is 1. The van der Waals surface area contributed by atoms with Crippen molar-refractivity contribution >= 4 is 51.1 Å². The summed E-state index contributed by atoms with van der Waals surface area (Å²) in [6.45, 7) is 0. The third-order valence-electron chi connectivity index (χ3n) is 4.75. The van der Waals surface area contributed by atoms with Crippen molar-refractivity contribution in [3.63, 3.8) is 0 Å². The Labute approximate surface area is 188 Å². The Bertz CT molecular complexity index is 1570. The van der Waals surface area contributed by atoms with Crippen LogP contribution >= 0.6 is 23.4 Å². The third kappa shape index (κ3) is 3.47. The fourth-order valence-corrected chi connectivity index (χ4v) is 4.38. The highest BCUT2D eigenvalue weighted by molar-refractivity contribution is 7.98. The number of hydrogen-bond donors (Lipinski definition) is 1. The highest BCUT2D eigenvalue weighted by Gasteiger charge is 2.18. The van der Waals surface area contributed by atoms with Crippen LogP contribution in [0, 0.1) is 10.1 Å². The Kier molecular flexibility index (Phi) is 5.04. The summed E-state index contributed by atoms with van der Waals surface area (Å²) in [5.41, 5.74) is 1.37. The topological polar surface area (TPSA) is 132 Å². The average Bonchev–Trinajstić information content (AvgIpc) is 3.28. The van der Waals surface area contributed by atoms with E-state index < -0.39 is 4.92 Å². The molecule has 32 heavy (non-hydrogen) atoms. The average molecular weight is 466 g/mol. The molecule has 12 heteroatoms. The number of rotatable bonds is 5. The molecule has 0 saturated heterocycles. The van der Waals surface area contributed by atoms with Gasteiger partial charge in [0, 0.05) is 12.1 Å². The highest BCUT2D eigenvalue weighted by Crippen LogP contribution is 2.28. The van der Waals surface area contributed by atoms with Crippen molar-refractivity contribution in [2.45, 2.75) is 10.8 Å². The molecule has 1 N–H and O–H groups in total. The molecule has 2 aromatic carbocycles. The van der Waals surface area contributed by atoms with E-state index in [2.05, 4.69) is 24.9 Å². The SMILES string of the molecule is O=c1c2ccc([N+](=O)[O-])cc2nc(CSc2ncnc3[nH]cnc23)n1-c1ccccc1Cl. The summed E-state index contributed by atoms with van der Waals surface area (Å²) in [4.78, 5) is 44.2. The van der Waals surface area contributed by atoms with Crippen LogP contribution in [-0.4, -0.2) is 34.4 Å². The summed E-state index contributed by atoms with van der Waals surface area (Å²) < 4.78 is 1.42. The van der Waals surface area contributed by atoms with Crippen molar-refractivity contribution < 1.29 is 4.92 Å². The molecule has 158 valence electrons. The van der Waals surface area contributed by atoms with Crippen molar-refractivity contribution in [1.82, 2.24) is 29.5 Å². The summed E-state index contributed by atoms with van der Waals surface area (Å²) in [6.07, 6.45) is 2.94. The van der Waals surface area contributed by atoms with Gasteiger partial charge in [0.15, 0.2) is 5.65 Å². The van der Waals surface area contributed by atoms with Gasteiger partial charge in [0.25, 0.3) is 11.2 Å². The predicted octanol–water partition coefficient (Wildman–Crippen LogP) is 3.91. The molecule has 0 aliphatic carbocycles. The molecule has 3 heterocycles. The monoisotopic (exact) mass is 465 g/mol. The van der Waals surface area contributed by atoms with Crippen LogP contribution in [0.25, 0.3) is 27.8 Å². The number of nitro groups is 1. The van der Waals surface area contributed by atoms with Crippen molar-refractivity contribution in [1.29, 1.82) is 0 Å². The number of nitrogens with one attached hydrogen (secondary N) is 1. The maximum atomic E-state index is 13.4. The summed E-state index contributed by atoms with van der Waals surface area (Å²) >= 11 is 7.70. The molecule has 5 aromatic rings. The van der Waals surface area contributed by atoms with Crippen molar-refractivity contribution in [2.24, 2.45) is 0 Å². The second kappa shape index (κ2) is 8.02. The van der Waals surface area contributed by atoms with Gasteiger partial charge in [-0.1, -0.05) is 35.5 Å². The molecule has 5 rings (SSSR count). The van der Waals surface area contributed by atoms with E-state index in [9.17, 15) is 14.9 Å². The minimum atomic E-state index is -0.523. The molecule has 0 unspecified atom stereocenters. The molecule has 0 aliphatic rings. The Hall–Kier alpha value is -3.83. The lowest BCUT2D eigenvalue weighted by molar-refractivity contribution is -0.384. The standard InChI is InChI=1S/C20H12ClN7O3S/c21-13-3-1-2-4-15(13)27-16(8-32-19-17-18(23-9-22-17)24-10-25-19)26-14-7-11(28(30)31)5-6-12(14)20(27)29/h1-7,9-10H,8H2,(H,22,23,24,25). The summed E-state index contributed by atoms with van der Waals surface area (Å²) in [7, 11) is 0. The van der Waals surface area contributed by atoms with Gasteiger partial charge in [-0.15, -0.1) is 0 Å². The molecule has 0 radical (unpaired) electrons. The molecule has 0 bridgehead atoms. The molecule has 0 saturated carbocycles. The Morgan fingerprint density at radius 1 is 1.16 bits per heavy atom. The molecule has 10 nitrogen and oxygen atoms in total. The largest absolute Gasteiger partial charge is 0.329 e. The minimum absolute atomic E-state index is 0.146. The quantitative estimate of drug-likeness (QED) is 0.179. The van der Waals surface area contributed by atoms with E-state index in [-0.39, 0.29) is 27.9 Å². The number of halogens is 1. The first-order valence-corrected chi connectivity index (χ1v) is 10.6. The van der Waals surface area contributed by atoms with Crippen LogP contribution in [-0.2, 0) is 5.75 Å². The number of imidazole rings is 1. The van der Waals surface area contributed by atoms with E-state index in [1.807, 2.05) is 0 Å². The zero-order valence-corrected chi connectivity index (χ0v) is 17.7. The lowest BCUT2D eigenvalue weighted by Gasteiger charge is -2.14. The molecule has 3 aromatic heterocycles. The van der Waals surface area contributed by atoms with E-state index >= 15 is 0 Å². The van der Waals surface area contributed by atoms with E-state index in [4.69, 9.17) is 11.6 Å². The molecule has 0 atom stereocenters. The molecular weight excluding hydrogens is 454 g/mol. The molecular formula is C20H12ClN7O3S. The maximum absolute atomic E-state index is 13.4. The van der Waals surface area contributed by atoms with Crippen LogP contribution in [0.2, 0.25) is 5.02 Å². The van der Waals surface area contributed by atoms with E-state index in [1.165, 1.54) is 47.2 Å². The minimum Gasteiger partial charge on any atom is -0.329 e. The molecule has 0 spiro atoms. The molecule has 0 aliphatic heterocycles. The number of nitrogens with zero attached hydrogens (tertiary/aromatic N) is 6. The van der Waals surface area contributed by atoms with Crippen LogP contribution in [0.4, 0.5) is 5.69 Å². The molecule has 0 amide bonds. The van der Waals surface area contributed by atoms with Crippen LogP contribution in [0.5, 0.6) is 0 Å². The first kappa shape index (κ1) is 20.1. The maximum Gasteiger partial charge on any atom is 0.271 e. The van der Waals surface area contributed by atoms with E-state index in [0.29, 0.717) is 32.7 Å². The normalized spacial score (nSPS) is 11.3. The van der Waals surface area contributed by atoms with Crippen molar-refractivity contribution in [2.75, 3.05) is 0 Å². The number of non-ortho nitro benzene ring substituents is 1. The van der Waals surface area contributed by atoms with Gasteiger partial charge < -0.3 is 4.98 Å². The predicted molar refractivity (Wildman–Crippen MR) is 120 cm³/mol. The smallest absolute Gasteiger partial charge is 0.271 e. The van der Waals surface area contributed by atoms with E-state index in [0.717, 1.165) is 0 Å². The van der Waals surface area contributed by atoms with E-state index in [1.54, 1.807) is 24.3 Å². The van der Waals surface area contributed by atoms with Gasteiger partial charge in [0.05, 0.1) is 38.6 Å². The van der Waals surface area contributed by atoms with Gasteiger partial charge in [-0.2, -0.15) is 0 Å². The zero-order chi connectivity index (χ0) is 22.2. The summed E-state index contributed by atoms with van der Waals surface area (Å²) in [6, 6.07) is 10.9. The lowest BCUT2D eigenvalue weighted by atomic mass is 10.2. The summed E-state index contributed by atoms with van der Waals surface area (Å²) in [5, 5.41) is 12.4. The number of aromatic amines is 1. The van der Waals surface area contributed by atoms with Crippen LogP contribution < -0.4 is 5.56 Å². The number of benzene rings is 2. The second-order valence-corrected chi connectivity index (χ2v) is 8.02. The fourth-order valence-electron chi connectivity index (χ4n) is 3.29. The number of hydrogen-bond acceptors (Lipinski definition) is 8. The van der Waals surface area contributed by atoms with Crippen molar-refractivity contribution in [3.05, 3.63) is 86.4 Å². The van der Waals surface area contributed by atoms with Gasteiger partial charge in [0.2, 0.25) is 0 Å². The zero-order valence-electron chi connectivity index (χ0n) is 16.1. The Morgan fingerprint density at radius 2 is 2.00 bits per heavy atom. The van der Waals surface area contributed by atoms with Crippen LogP contribution in [0.15, 0.2) is 64.9 Å². The van der Waals surface area contributed by atoms with Gasteiger partial charge in [-0.25, -0.2) is 19.9 Å².